The molecule has 0 radical (unpaired) electrons. The number of rotatable bonds is 11. The summed E-state index contributed by atoms with van der Waals surface area (Å²) in [6.07, 6.45) is 0.705. The fraction of sp³-hybridized carbons (Fsp3) is 0.375. The summed E-state index contributed by atoms with van der Waals surface area (Å²) in [5, 5.41) is 14.9. The normalized spacial score (nSPS) is 16.3. The standard InChI is InChI=1S/C24H29N3O6/c1-32-20-9-8-17(13-21(20)33-2)10-11-27-23(30)19(26-24(27)31)14-22(29)25-18(15-28)12-16-6-4-3-5-7-16/h3-9,13,18-19,28H,10-12,14-15H2,1-2H3,(H,25,29)(H,26,31)/t18-,19-/m1/s1. The second-order valence-corrected chi connectivity index (χ2v) is 7.77. The summed E-state index contributed by atoms with van der Waals surface area (Å²) >= 11 is 0. The van der Waals surface area contributed by atoms with Crippen molar-refractivity contribution in [3.8, 4) is 11.5 Å². The number of hydrogen-bond donors (Lipinski definition) is 3. The summed E-state index contributed by atoms with van der Waals surface area (Å²) in [7, 11) is 3.08. The van der Waals surface area contributed by atoms with Gasteiger partial charge in [0.25, 0.3) is 5.91 Å². The lowest BCUT2D eigenvalue weighted by Gasteiger charge is -2.18. The van der Waals surface area contributed by atoms with E-state index in [0.717, 1.165) is 16.0 Å². The Morgan fingerprint density at radius 3 is 2.48 bits per heavy atom. The maximum atomic E-state index is 12.7. The molecule has 3 N–H and O–H groups in total. The van der Waals surface area contributed by atoms with Gasteiger partial charge in [-0.3, -0.25) is 14.5 Å². The molecule has 1 fully saturated rings. The molecular formula is C24H29N3O6. The fourth-order valence-electron chi connectivity index (χ4n) is 3.74. The molecule has 2 aromatic carbocycles. The van der Waals surface area contributed by atoms with Gasteiger partial charge in [0, 0.05) is 6.54 Å². The molecule has 0 saturated carbocycles. The molecule has 2 aromatic rings. The van der Waals surface area contributed by atoms with Crippen LogP contribution in [0.15, 0.2) is 48.5 Å². The Bertz CT molecular complexity index is 981. The van der Waals surface area contributed by atoms with E-state index in [-0.39, 0.29) is 19.6 Å². The van der Waals surface area contributed by atoms with Crippen LogP contribution < -0.4 is 20.1 Å². The van der Waals surface area contributed by atoms with Gasteiger partial charge in [-0.1, -0.05) is 36.4 Å². The fourth-order valence-corrected chi connectivity index (χ4v) is 3.74. The Labute approximate surface area is 192 Å². The molecule has 9 nitrogen and oxygen atoms in total. The van der Waals surface area contributed by atoms with Crippen LogP contribution in [0.25, 0.3) is 0 Å². The van der Waals surface area contributed by atoms with Crippen LogP contribution in [0.1, 0.15) is 17.5 Å². The SMILES string of the molecule is COc1ccc(CCN2C(=O)N[C@H](CC(=O)N[C@@H](CO)Cc3ccccc3)C2=O)cc1OC. The monoisotopic (exact) mass is 455 g/mol. The second-order valence-electron chi connectivity index (χ2n) is 7.77. The minimum atomic E-state index is -0.932. The van der Waals surface area contributed by atoms with Gasteiger partial charge in [0.1, 0.15) is 6.04 Å². The number of aliphatic hydroxyl groups excluding tert-OH is 1. The van der Waals surface area contributed by atoms with Crippen LogP contribution in [-0.4, -0.2) is 67.3 Å². The van der Waals surface area contributed by atoms with Crippen LogP contribution in [-0.2, 0) is 22.4 Å². The van der Waals surface area contributed by atoms with E-state index < -0.39 is 29.9 Å². The number of benzene rings is 2. The topological polar surface area (TPSA) is 117 Å². The quantitative estimate of drug-likeness (QED) is 0.440. The van der Waals surface area contributed by atoms with E-state index in [1.165, 1.54) is 7.11 Å². The smallest absolute Gasteiger partial charge is 0.324 e. The molecule has 2 atom stereocenters. The van der Waals surface area contributed by atoms with Crippen molar-refractivity contribution in [3.63, 3.8) is 0 Å². The molecule has 33 heavy (non-hydrogen) atoms. The molecule has 0 unspecified atom stereocenters. The Balaban J connectivity index is 1.53. The number of aliphatic hydroxyl groups is 1. The van der Waals surface area contributed by atoms with Crippen LogP contribution in [0.4, 0.5) is 4.79 Å². The van der Waals surface area contributed by atoms with Gasteiger partial charge in [-0.05, 0) is 36.1 Å². The summed E-state index contributed by atoms with van der Waals surface area (Å²) in [5.74, 6) is 0.302. The molecule has 0 aliphatic carbocycles. The molecule has 1 heterocycles. The first kappa shape index (κ1) is 24.1. The first-order valence-electron chi connectivity index (χ1n) is 10.7. The van der Waals surface area contributed by atoms with E-state index in [1.54, 1.807) is 19.2 Å². The van der Waals surface area contributed by atoms with E-state index in [0.29, 0.717) is 24.3 Å². The number of carbonyl (C=O) groups excluding carboxylic acids is 3. The highest BCUT2D eigenvalue weighted by Gasteiger charge is 2.38. The van der Waals surface area contributed by atoms with Gasteiger partial charge in [-0.2, -0.15) is 0 Å². The third-order valence-electron chi connectivity index (χ3n) is 5.48. The molecule has 0 spiro atoms. The van der Waals surface area contributed by atoms with Crippen LogP contribution in [0.2, 0.25) is 0 Å². The average Bonchev–Trinajstić information content (AvgIpc) is 3.09. The van der Waals surface area contributed by atoms with Gasteiger partial charge in [-0.25, -0.2) is 4.79 Å². The highest BCUT2D eigenvalue weighted by Crippen LogP contribution is 2.27. The third-order valence-corrected chi connectivity index (χ3v) is 5.48. The van der Waals surface area contributed by atoms with Crippen LogP contribution >= 0.6 is 0 Å². The van der Waals surface area contributed by atoms with Gasteiger partial charge in [0.05, 0.1) is 33.3 Å². The Hall–Kier alpha value is -3.59. The summed E-state index contributed by atoms with van der Waals surface area (Å²) in [6.45, 7) is -0.0609. The summed E-state index contributed by atoms with van der Waals surface area (Å²) in [4.78, 5) is 38.6. The molecular weight excluding hydrogens is 426 g/mol. The molecule has 3 rings (SSSR count). The van der Waals surface area contributed by atoms with Crippen molar-refractivity contribution in [1.29, 1.82) is 0 Å². The van der Waals surface area contributed by atoms with Gasteiger partial charge in [0.15, 0.2) is 11.5 Å². The minimum Gasteiger partial charge on any atom is -0.493 e. The zero-order valence-electron chi connectivity index (χ0n) is 18.7. The molecule has 1 aliphatic heterocycles. The van der Waals surface area contributed by atoms with Crippen molar-refractivity contribution in [3.05, 3.63) is 59.7 Å². The van der Waals surface area contributed by atoms with Gasteiger partial charge in [-0.15, -0.1) is 0 Å². The van der Waals surface area contributed by atoms with Gasteiger partial charge >= 0.3 is 6.03 Å². The lowest BCUT2D eigenvalue weighted by Crippen LogP contribution is -2.43. The van der Waals surface area contributed by atoms with Crippen molar-refractivity contribution in [2.45, 2.75) is 31.3 Å². The van der Waals surface area contributed by atoms with E-state index in [1.807, 2.05) is 36.4 Å². The Kier molecular flexibility index (Phi) is 8.26. The van der Waals surface area contributed by atoms with Crippen LogP contribution in [0.5, 0.6) is 11.5 Å². The molecule has 1 aliphatic rings. The average molecular weight is 456 g/mol. The molecule has 4 amide bonds. The Morgan fingerprint density at radius 1 is 1.09 bits per heavy atom. The number of nitrogens with one attached hydrogen (secondary N) is 2. The van der Waals surface area contributed by atoms with Crippen molar-refractivity contribution in [1.82, 2.24) is 15.5 Å². The van der Waals surface area contributed by atoms with Crippen molar-refractivity contribution in [2.24, 2.45) is 0 Å². The number of methoxy groups -OCH3 is 2. The van der Waals surface area contributed by atoms with Crippen molar-refractivity contribution >= 4 is 17.8 Å². The van der Waals surface area contributed by atoms with E-state index in [2.05, 4.69) is 10.6 Å². The number of nitrogens with zero attached hydrogens (tertiary/aromatic N) is 1. The third kappa shape index (κ3) is 6.23. The van der Waals surface area contributed by atoms with Crippen molar-refractivity contribution in [2.75, 3.05) is 27.4 Å². The molecule has 176 valence electrons. The van der Waals surface area contributed by atoms with E-state index in [9.17, 15) is 19.5 Å². The lowest BCUT2D eigenvalue weighted by atomic mass is 10.1. The highest BCUT2D eigenvalue weighted by atomic mass is 16.5. The molecule has 9 heteroatoms. The highest BCUT2D eigenvalue weighted by molar-refractivity contribution is 6.05. The number of hydrogen-bond acceptors (Lipinski definition) is 6. The Morgan fingerprint density at radius 2 is 1.82 bits per heavy atom. The zero-order chi connectivity index (χ0) is 23.8. The molecule has 0 aromatic heterocycles. The molecule has 0 bridgehead atoms. The van der Waals surface area contributed by atoms with Crippen LogP contribution in [0, 0.1) is 0 Å². The number of urea groups is 1. The maximum absolute atomic E-state index is 12.7. The maximum Gasteiger partial charge on any atom is 0.324 e. The number of imide groups is 1. The first-order chi connectivity index (χ1) is 15.9. The lowest BCUT2D eigenvalue weighted by molar-refractivity contribution is -0.131. The number of carbonyl (C=O) groups is 3. The first-order valence-corrected chi connectivity index (χ1v) is 10.7. The predicted molar refractivity (Wildman–Crippen MR) is 121 cm³/mol. The largest absolute Gasteiger partial charge is 0.493 e. The van der Waals surface area contributed by atoms with Crippen molar-refractivity contribution < 1.29 is 29.0 Å². The van der Waals surface area contributed by atoms with E-state index in [4.69, 9.17) is 9.47 Å². The summed E-state index contributed by atoms with van der Waals surface area (Å²) in [6, 6.07) is 12.9. The summed E-state index contributed by atoms with van der Waals surface area (Å²) in [5.41, 5.74) is 1.85. The van der Waals surface area contributed by atoms with Gasteiger partial charge in [0.2, 0.25) is 5.91 Å². The summed E-state index contributed by atoms with van der Waals surface area (Å²) < 4.78 is 10.5. The van der Waals surface area contributed by atoms with Crippen LogP contribution in [0.3, 0.4) is 0 Å². The predicted octanol–water partition coefficient (Wildman–Crippen LogP) is 1.28. The number of amides is 4. The van der Waals surface area contributed by atoms with E-state index >= 15 is 0 Å². The second kappa shape index (κ2) is 11.3. The molecule has 1 saturated heterocycles. The number of ether oxygens (including phenoxy) is 2. The van der Waals surface area contributed by atoms with Gasteiger partial charge < -0.3 is 25.2 Å². The minimum absolute atomic E-state index is 0.172. The zero-order valence-corrected chi connectivity index (χ0v) is 18.7.